The highest BCUT2D eigenvalue weighted by Crippen LogP contribution is 2.26. The Kier molecular flexibility index (Phi) is 5.04. The van der Waals surface area contributed by atoms with Crippen LogP contribution in [-0.2, 0) is 10.0 Å². The molecule has 0 amide bonds. The van der Waals surface area contributed by atoms with Gasteiger partial charge in [-0.1, -0.05) is 19.3 Å². The minimum atomic E-state index is -3.12. The molecule has 0 radical (unpaired) electrons. The fourth-order valence-corrected chi connectivity index (χ4v) is 4.76. The molecule has 0 aromatic carbocycles. The van der Waals surface area contributed by atoms with Crippen LogP contribution in [0, 0.1) is 11.8 Å². The molecule has 5 heteroatoms. The molecule has 0 aromatic rings. The summed E-state index contributed by atoms with van der Waals surface area (Å²) in [7, 11) is -3.12. The van der Waals surface area contributed by atoms with Crippen LogP contribution in [0.4, 0.5) is 0 Å². The van der Waals surface area contributed by atoms with Crippen LogP contribution in [0.5, 0.6) is 0 Å². The highest BCUT2D eigenvalue weighted by atomic mass is 32.2. The van der Waals surface area contributed by atoms with E-state index in [1.165, 1.54) is 19.3 Å². The topological polar surface area (TPSA) is 66.4 Å². The van der Waals surface area contributed by atoms with Gasteiger partial charge in [-0.05, 0) is 43.9 Å². The average molecular weight is 275 g/mol. The van der Waals surface area contributed by atoms with Gasteiger partial charge in [-0.2, -0.15) is 0 Å². The highest BCUT2D eigenvalue weighted by Gasteiger charge is 2.25. The summed E-state index contributed by atoms with van der Waals surface area (Å²) in [5, 5.41) is 9.41. The molecule has 0 saturated heterocycles. The number of hydrogen-bond acceptors (Lipinski definition) is 3. The molecule has 2 aliphatic carbocycles. The number of sulfonamides is 1. The quantitative estimate of drug-likeness (QED) is 0.801. The van der Waals surface area contributed by atoms with E-state index >= 15 is 0 Å². The average Bonchev–Trinajstić information content (AvgIpc) is 2.74. The van der Waals surface area contributed by atoms with Gasteiger partial charge in [0.05, 0.1) is 11.9 Å². The summed E-state index contributed by atoms with van der Waals surface area (Å²) in [5.41, 5.74) is 0. The van der Waals surface area contributed by atoms with Crippen molar-refractivity contribution in [1.29, 1.82) is 0 Å². The molecule has 2 aliphatic rings. The molecule has 0 heterocycles. The summed E-state index contributed by atoms with van der Waals surface area (Å²) < 4.78 is 26.7. The first-order chi connectivity index (χ1) is 8.55. The molecule has 0 bridgehead atoms. The van der Waals surface area contributed by atoms with Crippen molar-refractivity contribution in [3.63, 3.8) is 0 Å². The minimum absolute atomic E-state index is 0.224. The minimum Gasteiger partial charge on any atom is -0.393 e. The van der Waals surface area contributed by atoms with Crippen molar-refractivity contribution in [3.05, 3.63) is 0 Å². The number of rotatable bonds is 5. The van der Waals surface area contributed by atoms with Crippen LogP contribution in [0.3, 0.4) is 0 Å². The van der Waals surface area contributed by atoms with Crippen molar-refractivity contribution in [2.45, 2.75) is 57.5 Å². The molecule has 4 nitrogen and oxygen atoms in total. The van der Waals surface area contributed by atoms with Crippen LogP contribution in [0.1, 0.15) is 51.4 Å². The zero-order valence-electron chi connectivity index (χ0n) is 11.0. The van der Waals surface area contributed by atoms with Gasteiger partial charge < -0.3 is 5.11 Å². The number of nitrogens with one attached hydrogen (secondary N) is 1. The van der Waals surface area contributed by atoms with E-state index in [0.717, 1.165) is 32.1 Å². The maximum atomic E-state index is 12.0. The molecule has 2 N–H and O–H groups in total. The lowest BCUT2D eigenvalue weighted by Crippen LogP contribution is -2.33. The maximum absolute atomic E-state index is 12.0. The van der Waals surface area contributed by atoms with Crippen LogP contribution in [0.2, 0.25) is 0 Å². The van der Waals surface area contributed by atoms with Gasteiger partial charge >= 0.3 is 0 Å². The van der Waals surface area contributed by atoms with E-state index < -0.39 is 10.0 Å². The summed E-state index contributed by atoms with van der Waals surface area (Å²) in [5.74, 6) is 0.967. The lowest BCUT2D eigenvalue weighted by Gasteiger charge is -2.21. The molecule has 18 heavy (non-hydrogen) atoms. The summed E-state index contributed by atoms with van der Waals surface area (Å²) >= 11 is 0. The first-order valence-corrected chi connectivity index (χ1v) is 8.86. The predicted molar refractivity (Wildman–Crippen MR) is 71.7 cm³/mol. The summed E-state index contributed by atoms with van der Waals surface area (Å²) in [4.78, 5) is 0. The van der Waals surface area contributed by atoms with Crippen molar-refractivity contribution < 1.29 is 13.5 Å². The predicted octanol–water partition coefficient (Wildman–Crippen LogP) is 1.65. The summed E-state index contributed by atoms with van der Waals surface area (Å²) in [6, 6.07) is 0. The fraction of sp³-hybridized carbons (Fsp3) is 1.00. The summed E-state index contributed by atoms with van der Waals surface area (Å²) in [6.07, 6.45) is 7.99. The molecule has 2 rings (SSSR count). The van der Waals surface area contributed by atoms with Crippen molar-refractivity contribution in [1.82, 2.24) is 4.72 Å². The van der Waals surface area contributed by atoms with Crippen LogP contribution < -0.4 is 4.72 Å². The maximum Gasteiger partial charge on any atom is 0.211 e. The van der Waals surface area contributed by atoms with E-state index in [1.807, 2.05) is 0 Å². The third-order valence-electron chi connectivity index (χ3n) is 4.29. The van der Waals surface area contributed by atoms with Crippen LogP contribution in [0.25, 0.3) is 0 Å². The molecule has 2 unspecified atom stereocenters. The van der Waals surface area contributed by atoms with Crippen LogP contribution >= 0.6 is 0 Å². The molecule has 2 saturated carbocycles. The van der Waals surface area contributed by atoms with E-state index in [9.17, 15) is 13.5 Å². The zero-order valence-corrected chi connectivity index (χ0v) is 11.8. The van der Waals surface area contributed by atoms with E-state index in [1.54, 1.807) is 0 Å². The van der Waals surface area contributed by atoms with Crippen molar-refractivity contribution in [2.75, 3.05) is 12.3 Å². The van der Waals surface area contributed by atoms with Gasteiger partial charge in [0.1, 0.15) is 0 Å². The molecular weight excluding hydrogens is 250 g/mol. The second-order valence-electron chi connectivity index (χ2n) is 5.97. The highest BCUT2D eigenvalue weighted by molar-refractivity contribution is 7.89. The second kappa shape index (κ2) is 6.35. The van der Waals surface area contributed by atoms with Gasteiger partial charge in [-0.3, -0.25) is 0 Å². The van der Waals surface area contributed by atoms with Crippen LogP contribution in [0.15, 0.2) is 0 Å². The molecular formula is C13H25NO3S. The number of hydrogen-bond donors (Lipinski definition) is 2. The third kappa shape index (κ3) is 4.52. The van der Waals surface area contributed by atoms with Gasteiger partial charge in [0.25, 0.3) is 0 Å². The summed E-state index contributed by atoms with van der Waals surface area (Å²) in [6.45, 7) is 0.506. The van der Waals surface area contributed by atoms with E-state index in [4.69, 9.17) is 0 Å². The Hall–Kier alpha value is -0.130. The smallest absolute Gasteiger partial charge is 0.211 e. The molecule has 0 spiro atoms. The Balaban J connectivity index is 1.73. The Morgan fingerprint density at radius 3 is 2.33 bits per heavy atom. The zero-order chi connectivity index (χ0) is 13.0. The Bertz CT molecular complexity index is 349. The van der Waals surface area contributed by atoms with Gasteiger partial charge in [-0.25, -0.2) is 13.1 Å². The van der Waals surface area contributed by atoms with Gasteiger partial charge in [0.15, 0.2) is 0 Å². The molecule has 106 valence electrons. The lowest BCUT2D eigenvalue weighted by atomic mass is 9.91. The molecule has 0 aromatic heterocycles. The molecule has 2 fully saturated rings. The standard InChI is InChI=1S/C13H25NO3S/c15-13-7-6-12(8-13)9-14-18(16,17)10-11-4-2-1-3-5-11/h11-15H,1-10H2. The van der Waals surface area contributed by atoms with Crippen molar-refractivity contribution in [3.8, 4) is 0 Å². The Morgan fingerprint density at radius 1 is 1.00 bits per heavy atom. The van der Waals surface area contributed by atoms with E-state index in [-0.39, 0.29) is 6.10 Å². The monoisotopic (exact) mass is 275 g/mol. The number of aliphatic hydroxyl groups is 1. The first kappa shape index (κ1) is 14.3. The van der Waals surface area contributed by atoms with Gasteiger partial charge in [0, 0.05) is 6.54 Å². The van der Waals surface area contributed by atoms with Crippen molar-refractivity contribution in [2.24, 2.45) is 11.8 Å². The van der Waals surface area contributed by atoms with E-state index in [0.29, 0.717) is 24.1 Å². The van der Waals surface area contributed by atoms with Crippen molar-refractivity contribution >= 4 is 10.0 Å². The fourth-order valence-electron chi connectivity index (χ4n) is 3.20. The Morgan fingerprint density at radius 2 is 1.72 bits per heavy atom. The molecule has 2 atom stereocenters. The lowest BCUT2D eigenvalue weighted by molar-refractivity contribution is 0.178. The second-order valence-corrected chi connectivity index (χ2v) is 7.82. The molecule has 0 aliphatic heterocycles. The normalized spacial score (nSPS) is 30.7. The van der Waals surface area contributed by atoms with E-state index in [2.05, 4.69) is 4.72 Å². The van der Waals surface area contributed by atoms with Gasteiger partial charge in [0.2, 0.25) is 10.0 Å². The SMILES string of the molecule is O=S(=O)(CC1CCCCC1)NCC1CCC(O)C1. The number of aliphatic hydroxyl groups excluding tert-OH is 1. The largest absolute Gasteiger partial charge is 0.393 e. The van der Waals surface area contributed by atoms with Gasteiger partial charge in [-0.15, -0.1) is 0 Å². The Labute approximate surface area is 110 Å². The van der Waals surface area contributed by atoms with Crippen LogP contribution in [-0.4, -0.2) is 31.9 Å². The first-order valence-electron chi connectivity index (χ1n) is 7.20. The third-order valence-corrected chi connectivity index (χ3v) is 5.80.